The second-order valence-corrected chi connectivity index (χ2v) is 6.79. The Morgan fingerprint density at radius 3 is 2.65 bits per heavy atom. The Hall–Kier alpha value is -0.890. The van der Waals surface area contributed by atoms with Gasteiger partial charge in [-0.3, -0.25) is 0 Å². The van der Waals surface area contributed by atoms with Crippen molar-refractivity contribution in [2.75, 3.05) is 13.2 Å². The normalized spacial score (nSPS) is 13.8. The lowest BCUT2D eigenvalue weighted by Gasteiger charge is -2.13. The van der Waals surface area contributed by atoms with Crippen LogP contribution >= 0.6 is 0 Å². The molecule has 0 saturated heterocycles. The largest absolute Gasteiger partial charge is 0.380 e. The Kier molecular flexibility index (Phi) is 6.67. The molecule has 7 heteroatoms. The van der Waals surface area contributed by atoms with Crippen LogP contribution in [0.4, 0.5) is 0 Å². The number of sulfonamides is 1. The van der Waals surface area contributed by atoms with Gasteiger partial charge in [-0.05, 0) is 19.9 Å². The van der Waals surface area contributed by atoms with E-state index in [2.05, 4.69) is 15.0 Å². The molecule has 0 aliphatic carbocycles. The molecule has 0 aliphatic heterocycles. The standard InChI is InChI=1S/C13H25N3O3S/c1-5-19-9-11(4)16-20(17,18)13-6-12(15-8-13)7-14-10(2)3/h6,8,10-11,14-16H,5,7,9H2,1-4H3. The molecule has 1 atom stereocenters. The Balaban J connectivity index is 2.63. The third kappa shape index (κ3) is 5.62. The number of aromatic amines is 1. The van der Waals surface area contributed by atoms with Gasteiger partial charge in [0.15, 0.2) is 0 Å². The lowest BCUT2D eigenvalue weighted by molar-refractivity contribution is 0.133. The van der Waals surface area contributed by atoms with Gasteiger partial charge in [0.05, 0.1) is 11.5 Å². The molecule has 6 nitrogen and oxygen atoms in total. The molecule has 1 aromatic rings. The number of aromatic nitrogens is 1. The predicted molar refractivity (Wildman–Crippen MR) is 79.0 cm³/mol. The summed E-state index contributed by atoms with van der Waals surface area (Å²) in [6.07, 6.45) is 1.51. The molecule has 116 valence electrons. The van der Waals surface area contributed by atoms with Crippen LogP contribution in [0.15, 0.2) is 17.2 Å². The van der Waals surface area contributed by atoms with E-state index in [1.165, 1.54) is 6.20 Å². The van der Waals surface area contributed by atoms with E-state index in [0.29, 0.717) is 25.8 Å². The Labute approximate surface area is 121 Å². The summed E-state index contributed by atoms with van der Waals surface area (Å²) < 4.78 is 32.1. The monoisotopic (exact) mass is 303 g/mol. The molecule has 1 rings (SSSR count). The van der Waals surface area contributed by atoms with Crippen molar-refractivity contribution in [3.8, 4) is 0 Å². The molecule has 0 saturated carbocycles. The van der Waals surface area contributed by atoms with Gasteiger partial charge >= 0.3 is 0 Å². The number of H-pyrrole nitrogens is 1. The van der Waals surface area contributed by atoms with E-state index in [1.54, 1.807) is 13.0 Å². The summed E-state index contributed by atoms with van der Waals surface area (Å²) in [7, 11) is -3.50. The smallest absolute Gasteiger partial charge is 0.242 e. The summed E-state index contributed by atoms with van der Waals surface area (Å²) in [6.45, 7) is 9.28. The molecular formula is C13H25N3O3S. The Morgan fingerprint density at radius 1 is 1.35 bits per heavy atom. The fourth-order valence-electron chi connectivity index (χ4n) is 1.65. The highest BCUT2D eigenvalue weighted by Gasteiger charge is 2.18. The minimum absolute atomic E-state index is 0.251. The number of hydrogen-bond acceptors (Lipinski definition) is 4. The lowest BCUT2D eigenvalue weighted by atomic mass is 10.3. The zero-order valence-electron chi connectivity index (χ0n) is 12.6. The van der Waals surface area contributed by atoms with Gasteiger partial charge < -0.3 is 15.0 Å². The van der Waals surface area contributed by atoms with E-state index < -0.39 is 10.0 Å². The molecule has 0 amide bonds. The minimum atomic E-state index is -3.50. The third-order valence-corrected chi connectivity index (χ3v) is 4.22. The van der Waals surface area contributed by atoms with E-state index in [-0.39, 0.29) is 10.9 Å². The molecule has 1 heterocycles. The fourth-order valence-corrected chi connectivity index (χ4v) is 2.90. The van der Waals surface area contributed by atoms with Crippen molar-refractivity contribution >= 4 is 10.0 Å². The Morgan fingerprint density at radius 2 is 2.05 bits per heavy atom. The highest BCUT2D eigenvalue weighted by atomic mass is 32.2. The van der Waals surface area contributed by atoms with Crippen LogP contribution in [0.1, 0.15) is 33.4 Å². The third-order valence-electron chi connectivity index (χ3n) is 2.66. The second kappa shape index (κ2) is 7.78. The van der Waals surface area contributed by atoms with Crippen molar-refractivity contribution < 1.29 is 13.2 Å². The topological polar surface area (TPSA) is 83.2 Å². The maximum absolute atomic E-state index is 12.2. The zero-order chi connectivity index (χ0) is 15.2. The van der Waals surface area contributed by atoms with E-state index in [4.69, 9.17) is 4.74 Å². The molecule has 0 aromatic carbocycles. The van der Waals surface area contributed by atoms with E-state index in [0.717, 1.165) is 5.69 Å². The first-order valence-corrected chi connectivity index (χ1v) is 8.34. The van der Waals surface area contributed by atoms with Gasteiger partial charge in [0.25, 0.3) is 0 Å². The highest BCUT2D eigenvalue weighted by molar-refractivity contribution is 7.89. The van der Waals surface area contributed by atoms with Gasteiger partial charge in [0.1, 0.15) is 0 Å². The molecule has 3 N–H and O–H groups in total. The van der Waals surface area contributed by atoms with Crippen LogP contribution in [0.5, 0.6) is 0 Å². The first-order chi connectivity index (χ1) is 9.35. The van der Waals surface area contributed by atoms with Crippen LogP contribution in [-0.2, 0) is 21.3 Å². The first-order valence-electron chi connectivity index (χ1n) is 6.86. The first kappa shape index (κ1) is 17.2. The van der Waals surface area contributed by atoms with Crippen LogP contribution in [-0.4, -0.2) is 38.7 Å². The molecular weight excluding hydrogens is 278 g/mol. The summed E-state index contributed by atoms with van der Waals surface area (Å²) in [6, 6.07) is 1.74. The molecule has 0 radical (unpaired) electrons. The summed E-state index contributed by atoms with van der Waals surface area (Å²) in [5, 5.41) is 3.23. The second-order valence-electron chi connectivity index (χ2n) is 5.08. The molecule has 20 heavy (non-hydrogen) atoms. The summed E-state index contributed by atoms with van der Waals surface area (Å²) in [5.74, 6) is 0. The Bertz CT molecular complexity index is 497. The summed E-state index contributed by atoms with van der Waals surface area (Å²) in [5.41, 5.74) is 0.844. The molecule has 0 spiro atoms. The number of rotatable bonds is 9. The van der Waals surface area contributed by atoms with Gasteiger partial charge in [0.2, 0.25) is 10.0 Å². The maximum atomic E-state index is 12.2. The number of hydrogen-bond donors (Lipinski definition) is 3. The van der Waals surface area contributed by atoms with Crippen molar-refractivity contribution in [3.05, 3.63) is 18.0 Å². The van der Waals surface area contributed by atoms with Gasteiger partial charge in [0, 0.05) is 37.1 Å². The minimum Gasteiger partial charge on any atom is -0.380 e. The van der Waals surface area contributed by atoms with Gasteiger partial charge in [-0.15, -0.1) is 0 Å². The van der Waals surface area contributed by atoms with Gasteiger partial charge in [-0.1, -0.05) is 13.8 Å². The quantitative estimate of drug-likeness (QED) is 0.640. The van der Waals surface area contributed by atoms with Crippen molar-refractivity contribution in [2.24, 2.45) is 0 Å². The summed E-state index contributed by atoms with van der Waals surface area (Å²) >= 11 is 0. The SMILES string of the molecule is CCOCC(C)NS(=O)(=O)c1c[nH]c(CNC(C)C)c1. The average molecular weight is 303 g/mol. The predicted octanol–water partition coefficient (Wildman–Crippen LogP) is 1.22. The highest BCUT2D eigenvalue weighted by Crippen LogP contribution is 2.11. The molecule has 0 fully saturated rings. The van der Waals surface area contributed by atoms with Crippen LogP contribution in [0.3, 0.4) is 0 Å². The summed E-state index contributed by atoms with van der Waals surface area (Å²) in [4.78, 5) is 3.22. The van der Waals surface area contributed by atoms with E-state index >= 15 is 0 Å². The number of ether oxygens (including phenoxy) is 1. The fraction of sp³-hybridized carbons (Fsp3) is 0.692. The van der Waals surface area contributed by atoms with Crippen molar-refractivity contribution in [3.63, 3.8) is 0 Å². The zero-order valence-corrected chi connectivity index (χ0v) is 13.4. The lowest BCUT2D eigenvalue weighted by Crippen LogP contribution is -2.35. The molecule has 0 bridgehead atoms. The van der Waals surface area contributed by atoms with Crippen LogP contribution < -0.4 is 10.0 Å². The molecule has 1 aromatic heterocycles. The van der Waals surface area contributed by atoms with Crippen molar-refractivity contribution in [1.29, 1.82) is 0 Å². The van der Waals surface area contributed by atoms with Gasteiger partial charge in [-0.25, -0.2) is 13.1 Å². The van der Waals surface area contributed by atoms with Crippen LogP contribution in [0, 0.1) is 0 Å². The van der Waals surface area contributed by atoms with Crippen LogP contribution in [0.25, 0.3) is 0 Å². The molecule has 1 unspecified atom stereocenters. The van der Waals surface area contributed by atoms with Crippen molar-refractivity contribution in [1.82, 2.24) is 15.0 Å². The molecule has 0 aliphatic rings. The van der Waals surface area contributed by atoms with E-state index in [9.17, 15) is 8.42 Å². The average Bonchev–Trinajstić information content (AvgIpc) is 2.83. The number of nitrogens with one attached hydrogen (secondary N) is 3. The van der Waals surface area contributed by atoms with Crippen LogP contribution in [0.2, 0.25) is 0 Å². The van der Waals surface area contributed by atoms with Crippen molar-refractivity contribution in [2.45, 2.75) is 51.2 Å². The van der Waals surface area contributed by atoms with E-state index in [1.807, 2.05) is 20.8 Å². The van der Waals surface area contributed by atoms with Gasteiger partial charge in [-0.2, -0.15) is 0 Å². The maximum Gasteiger partial charge on any atom is 0.242 e.